The van der Waals surface area contributed by atoms with E-state index in [-0.39, 0.29) is 0 Å². The highest BCUT2D eigenvalue weighted by Gasteiger charge is 2.07. The van der Waals surface area contributed by atoms with Crippen LogP contribution in [-0.4, -0.2) is 12.6 Å². The van der Waals surface area contributed by atoms with Gasteiger partial charge in [0, 0.05) is 12.6 Å². The van der Waals surface area contributed by atoms with Crippen LogP contribution in [0.3, 0.4) is 0 Å². The zero-order chi connectivity index (χ0) is 15.1. The third-order valence-corrected chi connectivity index (χ3v) is 3.15. The SMILES string of the molecule is CC.CCCCOCc1ccccc1.NC1CCCC1. The molecule has 0 heterocycles. The van der Waals surface area contributed by atoms with Gasteiger partial charge in [-0.1, -0.05) is 70.4 Å². The lowest BCUT2D eigenvalue weighted by Gasteiger charge is -2.02. The molecule has 1 saturated carbocycles. The van der Waals surface area contributed by atoms with Gasteiger partial charge in [-0.25, -0.2) is 0 Å². The van der Waals surface area contributed by atoms with E-state index in [0.29, 0.717) is 6.04 Å². The third kappa shape index (κ3) is 11.0. The number of hydrogen-bond acceptors (Lipinski definition) is 2. The van der Waals surface area contributed by atoms with Crippen molar-refractivity contribution >= 4 is 0 Å². The molecule has 0 saturated heterocycles. The summed E-state index contributed by atoms with van der Waals surface area (Å²) in [7, 11) is 0. The topological polar surface area (TPSA) is 35.2 Å². The molecule has 0 atom stereocenters. The Balaban J connectivity index is 0.000000377. The van der Waals surface area contributed by atoms with Crippen LogP contribution >= 0.6 is 0 Å². The van der Waals surface area contributed by atoms with Gasteiger partial charge in [0.2, 0.25) is 0 Å². The normalized spacial score (nSPS) is 14.0. The van der Waals surface area contributed by atoms with Crippen molar-refractivity contribution in [2.75, 3.05) is 6.61 Å². The Morgan fingerprint density at radius 2 is 1.70 bits per heavy atom. The predicted molar refractivity (Wildman–Crippen MR) is 88.8 cm³/mol. The molecule has 116 valence electrons. The van der Waals surface area contributed by atoms with Crippen molar-refractivity contribution in [3.8, 4) is 0 Å². The van der Waals surface area contributed by atoms with Gasteiger partial charge in [0.05, 0.1) is 6.61 Å². The average molecular weight is 279 g/mol. The van der Waals surface area contributed by atoms with Crippen molar-refractivity contribution in [2.24, 2.45) is 5.73 Å². The van der Waals surface area contributed by atoms with Gasteiger partial charge in [-0.3, -0.25) is 0 Å². The maximum atomic E-state index is 5.53. The summed E-state index contributed by atoms with van der Waals surface area (Å²) in [4.78, 5) is 0. The molecule has 0 amide bonds. The summed E-state index contributed by atoms with van der Waals surface area (Å²) in [5.41, 5.74) is 6.79. The van der Waals surface area contributed by atoms with Gasteiger partial charge < -0.3 is 10.5 Å². The van der Waals surface area contributed by atoms with Crippen LogP contribution in [0.15, 0.2) is 30.3 Å². The first-order valence-electron chi connectivity index (χ1n) is 8.20. The van der Waals surface area contributed by atoms with Crippen LogP contribution in [0.2, 0.25) is 0 Å². The van der Waals surface area contributed by atoms with E-state index >= 15 is 0 Å². The molecule has 2 heteroatoms. The number of benzene rings is 1. The number of unbranched alkanes of at least 4 members (excludes halogenated alkanes) is 1. The van der Waals surface area contributed by atoms with E-state index in [4.69, 9.17) is 10.5 Å². The third-order valence-electron chi connectivity index (χ3n) is 3.15. The summed E-state index contributed by atoms with van der Waals surface area (Å²) in [5.74, 6) is 0. The van der Waals surface area contributed by atoms with E-state index in [2.05, 4.69) is 19.1 Å². The minimum absolute atomic E-state index is 0.546. The summed E-state index contributed by atoms with van der Waals surface area (Å²) < 4.78 is 5.46. The second kappa shape index (κ2) is 14.5. The van der Waals surface area contributed by atoms with E-state index in [0.717, 1.165) is 19.6 Å². The number of hydrogen-bond donors (Lipinski definition) is 1. The van der Waals surface area contributed by atoms with Crippen molar-refractivity contribution in [3.63, 3.8) is 0 Å². The van der Waals surface area contributed by atoms with Crippen molar-refractivity contribution < 1.29 is 4.74 Å². The van der Waals surface area contributed by atoms with Gasteiger partial charge in [-0.15, -0.1) is 0 Å². The van der Waals surface area contributed by atoms with Crippen LogP contribution in [0, 0.1) is 0 Å². The fraction of sp³-hybridized carbons (Fsp3) is 0.667. The van der Waals surface area contributed by atoms with Crippen molar-refractivity contribution in [3.05, 3.63) is 35.9 Å². The zero-order valence-electron chi connectivity index (χ0n) is 13.6. The second-order valence-electron chi connectivity index (χ2n) is 4.94. The summed E-state index contributed by atoms with van der Waals surface area (Å²) in [6.07, 6.45) is 7.62. The lowest BCUT2D eigenvalue weighted by molar-refractivity contribution is 0.118. The van der Waals surface area contributed by atoms with E-state index in [1.54, 1.807) is 0 Å². The van der Waals surface area contributed by atoms with E-state index in [9.17, 15) is 0 Å². The molecule has 2 N–H and O–H groups in total. The van der Waals surface area contributed by atoms with Crippen LogP contribution in [0.5, 0.6) is 0 Å². The Kier molecular flexibility index (Phi) is 13.9. The first kappa shape index (κ1) is 19.1. The molecular formula is C18H33NO. The fourth-order valence-electron chi connectivity index (χ4n) is 1.97. The minimum atomic E-state index is 0.546. The first-order chi connectivity index (χ1) is 9.83. The van der Waals surface area contributed by atoms with Crippen LogP contribution in [0.25, 0.3) is 0 Å². The Hall–Kier alpha value is -0.860. The van der Waals surface area contributed by atoms with Crippen LogP contribution in [0.4, 0.5) is 0 Å². The Morgan fingerprint density at radius 3 is 2.15 bits per heavy atom. The summed E-state index contributed by atoms with van der Waals surface area (Å²) in [6, 6.07) is 10.8. The highest BCUT2D eigenvalue weighted by molar-refractivity contribution is 5.13. The number of ether oxygens (including phenoxy) is 1. The van der Waals surface area contributed by atoms with Gasteiger partial charge >= 0.3 is 0 Å². The molecular weight excluding hydrogens is 246 g/mol. The van der Waals surface area contributed by atoms with Gasteiger partial charge in [-0.2, -0.15) is 0 Å². The largest absolute Gasteiger partial charge is 0.377 e. The monoisotopic (exact) mass is 279 g/mol. The van der Waals surface area contributed by atoms with Gasteiger partial charge in [0.1, 0.15) is 0 Å². The first-order valence-corrected chi connectivity index (χ1v) is 8.20. The maximum Gasteiger partial charge on any atom is 0.0716 e. The molecule has 1 aliphatic carbocycles. The highest BCUT2D eigenvalue weighted by Crippen LogP contribution is 2.14. The maximum absolute atomic E-state index is 5.53. The molecule has 1 aromatic rings. The molecule has 0 aromatic heterocycles. The molecule has 0 spiro atoms. The summed E-state index contributed by atoms with van der Waals surface area (Å²) >= 11 is 0. The quantitative estimate of drug-likeness (QED) is 0.777. The molecule has 0 bridgehead atoms. The van der Waals surface area contributed by atoms with Gasteiger partial charge in [-0.05, 0) is 24.8 Å². The Labute approximate surface area is 125 Å². The molecule has 1 fully saturated rings. The van der Waals surface area contributed by atoms with E-state index in [1.807, 2.05) is 32.0 Å². The van der Waals surface area contributed by atoms with Crippen molar-refractivity contribution in [1.82, 2.24) is 0 Å². The Morgan fingerprint density at radius 1 is 1.10 bits per heavy atom. The summed E-state index contributed by atoms with van der Waals surface area (Å²) in [6.45, 7) is 7.80. The molecule has 0 aliphatic heterocycles. The Bertz CT molecular complexity index is 281. The van der Waals surface area contributed by atoms with Crippen LogP contribution in [0.1, 0.15) is 64.9 Å². The van der Waals surface area contributed by atoms with E-state index < -0.39 is 0 Å². The lowest BCUT2D eigenvalue weighted by Crippen LogP contribution is -2.13. The van der Waals surface area contributed by atoms with Gasteiger partial charge in [0.15, 0.2) is 0 Å². The minimum Gasteiger partial charge on any atom is -0.377 e. The molecule has 2 rings (SSSR count). The molecule has 0 unspecified atom stereocenters. The summed E-state index contributed by atoms with van der Waals surface area (Å²) in [5, 5.41) is 0. The molecule has 20 heavy (non-hydrogen) atoms. The zero-order valence-corrected chi connectivity index (χ0v) is 13.6. The van der Waals surface area contributed by atoms with Crippen LogP contribution < -0.4 is 5.73 Å². The standard InChI is InChI=1S/C11H16O.C5H11N.C2H6/c1-2-3-9-12-10-11-7-5-4-6-8-11;6-5-3-1-2-4-5;1-2/h4-8H,2-3,9-10H2,1H3;5H,1-4,6H2;1-2H3. The smallest absolute Gasteiger partial charge is 0.0716 e. The molecule has 1 aromatic carbocycles. The van der Waals surface area contributed by atoms with E-state index in [1.165, 1.54) is 37.7 Å². The molecule has 2 nitrogen and oxygen atoms in total. The highest BCUT2D eigenvalue weighted by atomic mass is 16.5. The average Bonchev–Trinajstić information content (AvgIpc) is 2.99. The van der Waals surface area contributed by atoms with Crippen molar-refractivity contribution in [1.29, 1.82) is 0 Å². The predicted octanol–water partition coefficient (Wildman–Crippen LogP) is 4.92. The second-order valence-corrected chi connectivity index (χ2v) is 4.94. The molecule has 0 radical (unpaired) electrons. The van der Waals surface area contributed by atoms with Crippen molar-refractivity contribution in [2.45, 2.75) is 71.9 Å². The molecule has 1 aliphatic rings. The van der Waals surface area contributed by atoms with Gasteiger partial charge in [0.25, 0.3) is 0 Å². The number of nitrogens with two attached hydrogens (primary N) is 1. The lowest BCUT2D eigenvalue weighted by atomic mass is 10.2. The van der Waals surface area contributed by atoms with Crippen LogP contribution in [-0.2, 0) is 11.3 Å². The number of rotatable bonds is 5. The fourth-order valence-corrected chi connectivity index (χ4v) is 1.97.